The number of aliphatic hydroxyl groups excluding tert-OH is 2. The number of Topliss-reactive ketones (excluding diaryl/α,β-unsaturated/α-hetero) is 1. The lowest BCUT2D eigenvalue weighted by molar-refractivity contribution is -0.319. The van der Waals surface area contributed by atoms with E-state index in [1.807, 2.05) is 83.9 Å². The topological polar surface area (TPSA) is 197 Å². The summed E-state index contributed by atoms with van der Waals surface area (Å²) in [6.45, 7) is 18.5. The Bertz CT molecular complexity index is 2040. The van der Waals surface area contributed by atoms with E-state index in [1.54, 1.807) is 47.9 Å². The maximum Gasteiger partial charge on any atom is 0.425 e. The number of benzene rings is 1. The largest absolute Gasteiger partial charge is 0.458 e. The fraction of sp³-hybridized carbons (Fsp3) is 0.765. The molecule has 0 spiro atoms. The molecule has 4 saturated heterocycles. The van der Waals surface area contributed by atoms with Crippen LogP contribution in [0.25, 0.3) is 10.9 Å². The minimum Gasteiger partial charge on any atom is -0.458 e. The number of nitrogens with one attached hydrogen (secondary N) is 1. The van der Waals surface area contributed by atoms with Gasteiger partial charge in [-0.05, 0) is 105 Å². The number of aliphatic hydroxyl groups is 2. The van der Waals surface area contributed by atoms with Crippen molar-refractivity contribution in [2.75, 3.05) is 34.9 Å². The number of pyridine rings is 1. The van der Waals surface area contributed by atoms with Crippen LogP contribution in [0, 0.1) is 23.7 Å². The molecule has 2 aromatic rings. The number of nitrogens with zero attached hydrogens (tertiary/aromatic N) is 3. The lowest BCUT2D eigenvalue weighted by atomic mass is 9.73. The summed E-state index contributed by atoms with van der Waals surface area (Å²) in [5, 5.41) is 25.4. The van der Waals surface area contributed by atoms with E-state index >= 15 is 4.79 Å². The van der Waals surface area contributed by atoms with Gasteiger partial charge in [-0.15, -0.1) is 0 Å². The molecule has 4 fully saturated rings. The van der Waals surface area contributed by atoms with Crippen LogP contribution in [0.5, 0.6) is 0 Å². The van der Waals surface area contributed by atoms with Gasteiger partial charge >= 0.3 is 12.1 Å². The number of rotatable bonds is 13. The Kier molecular flexibility index (Phi) is 17.4. The molecule has 68 heavy (non-hydrogen) atoms. The number of hydrogen-bond donors (Lipinski definition) is 3. The zero-order chi connectivity index (χ0) is 50.0. The van der Waals surface area contributed by atoms with E-state index in [-0.39, 0.29) is 37.2 Å². The predicted molar refractivity (Wildman–Crippen MR) is 253 cm³/mol. The van der Waals surface area contributed by atoms with Crippen LogP contribution < -0.4 is 5.43 Å². The average Bonchev–Trinajstić information content (AvgIpc) is 3.57. The van der Waals surface area contributed by atoms with Gasteiger partial charge < -0.3 is 53.0 Å². The van der Waals surface area contributed by atoms with E-state index in [0.717, 1.165) is 16.5 Å². The number of aromatic nitrogens is 1. The minimum absolute atomic E-state index is 0.123. The third kappa shape index (κ3) is 10.9. The zero-order valence-corrected chi connectivity index (χ0v) is 42.8. The number of carbonyl (C=O) groups is 3. The van der Waals surface area contributed by atoms with Gasteiger partial charge in [0.2, 0.25) is 0 Å². The molecule has 0 aliphatic carbocycles. The molecule has 4 aliphatic heterocycles. The summed E-state index contributed by atoms with van der Waals surface area (Å²) in [7, 11) is 6.86. The van der Waals surface area contributed by atoms with Gasteiger partial charge in [0.25, 0.3) is 0 Å². The normalized spacial score (nSPS) is 41.0. The Morgan fingerprint density at radius 2 is 1.60 bits per heavy atom. The van der Waals surface area contributed by atoms with Crippen LogP contribution in [-0.2, 0) is 53.9 Å². The molecule has 1 aromatic carbocycles. The molecular weight excluding hydrogens is 877 g/mol. The fourth-order valence-electron chi connectivity index (χ4n) is 11.5. The average molecular weight is 957 g/mol. The number of cyclic esters (lactones) is 1. The minimum atomic E-state index is -1.47. The lowest BCUT2D eigenvalue weighted by Crippen LogP contribution is -2.62. The van der Waals surface area contributed by atoms with Gasteiger partial charge in [-0.1, -0.05) is 45.9 Å². The van der Waals surface area contributed by atoms with Crippen molar-refractivity contribution in [3.63, 3.8) is 0 Å². The van der Waals surface area contributed by atoms with E-state index in [9.17, 15) is 19.8 Å². The third-order valence-electron chi connectivity index (χ3n) is 15.7. The molecule has 0 saturated carbocycles. The standard InChI is InChI=1S/C51H80N4O13/c1-15-38-51(10)43(55(48(60)68-51)53-23-18-19-34-22-24-52-36-21-17-16-20-35(34)36)30(4)40(56)28(2)26-50(9,62-14)45(67-47-41(57)37(54(11)12)25-29(3)63-47)31(5)42(32(6)46(59)65-38)66-39-27-49(8,61-13)44(58)33(7)64-39/h16-17,20-22,24,28-33,37-39,41-45,47,53,57-58H,15,18-19,23,25-27H2,1-14H3/t28-,29-,30+,31+,32-,33+,37+,38-,39+,41-,42?,43+,44+,45-,47+,49-,50-,51-/m1/s1. The van der Waals surface area contributed by atoms with Crippen molar-refractivity contribution >= 4 is 28.7 Å². The Balaban J connectivity index is 1.39. The first-order valence-electron chi connectivity index (χ1n) is 24.6. The Hall–Kier alpha value is -3.36. The van der Waals surface area contributed by atoms with Crippen LogP contribution in [0.1, 0.15) is 107 Å². The SMILES string of the molecule is CC[C@H]1OC(=O)[C@H](C)C(O[C@H]2C[C@@](C)(OC)[C@@H](O)[C@H](C)O2)[C@H](C)[C@@H](O[C@@H]2O[C@H](C)C[C@H](N(C)C)[C@H]2O)[C@](C)(OC)C[C@@H](C)C(=O)[C@H](C)[C@@H]2N(NCCCc3ccnc4ccccc34)C(=O)O[C@@]21C. The van der Waals surface area contributed by atoms with Crippen molar-refractivity contribution < 1.29 is 62.5 Å². The molecule has 3 N–H and O–H groups in total. The van der Waals surface area contributed by atoms with E-state index in [2.05, 4.69) is 10.4 Å². The van der Waals surface area contributed by atoms with Gasteiger partial charge in [-0.2, -0.15) is 0 Å². The maximum absolute atomic E-state index is 15.1. The van der Waals surface area contributed by atoms with Crippen molar-refractivity contribution in [2.24, 2.45) is 23.7 Å². The second-order valence-electron chi connectivity index (χ2n) is 20.8. The molecule has 18 atom stereocenters. The van der Waals surface area contributed by atoms with Crippen molar-refractivity contribution in [2.45, 2.75) is 192 Å². The first-order valence-corrected chi connectivity index (χ1v) is 24.6. The Morgan fingerprint density at radius 3 is 2.26 bits per heavy atom. The van der Waals surface area contributed by atoms with E-state index in [0.29, 0.717) is 25.8 Å². The number of para-hydroxylation sites is 1. The van der Waals surface area contributed by atoms with E-state index in [1.165, 1.54) is 12.1 Å². The highest BCUT2D eigenvalue weighted by atomic mass is 16.7. The number of hydrogen-bond acceptors (Lipinski definition) is 16. The monoisotopic (exact) mass is 957 g/mol. The molecule has 0 radical (unpaired) electrons. The molecular formula is C51H80N4O13. The maximum atomic E-state index is 15.1. The quantitative estimate of drug-likeness (QED) is 0.166. The van der Waals surface area contributed by atoms with Crippen molar-refractivity contribution in [1.29, 1.82) is 0 Å². The van der Waals surface area contributed by atoms with Crippen LogP contribution in [0.2, 0.25) is 0 Å². The van der Waals surface area contributed by atoms with E-state index in [4.69, 9.17) is 37.9 Å². The van der Waals surface area contributed by atoms with Crippen LogP contribution in [0.4, 0.5) is 4.79 Å². The fourth-order valence-corrected chi connectivity index (χ4v) is 11.5. The van der Waals surface area contributed by atoms with Crippen LogP contribution in [0.3, 0.4) is 0 Å². The zero-order valence-electron chi connectivity index (χ0n) is 42.8. The lowest BCUT2D eigenvalue weighted by Gasteiger charge is -2.50. The van der Waals surface area contributed by atoms with E-state index < -0.39 is 108 Å². The predicted octanol–water partition coefficient (Wildman–Crippen LogP) is 5.59. The number of likely N-dealkylation sites (N-methyl/N-ethyl adjacent to an activating group) is 1. The number of carbonyl (C=O) groups excluding carboxylic acids is 3. The highest BCUT2D eigenvalue weighted by Gasteiger charge is 2.61. The Morgan fingerprint density at radius 1 is 0.912 bits per heavy atom. The summed E-state index contributed by atoms with van der Waals surface area (Å²) in [5.74, 6) is -4.03. The van der Waals surface area contributed by atoms with Crippen LogP contribution >= 0.6 is 0 Å². The number of esters is 1. The van der Waals surface area contributed by atoms with Gasteiger partial charge in [-0.25, -0.2) is 15.2 Å². The molecule has 17 heteroatoms. The summed E-state index contributed by atoms with van der Waals surface area (Å²) in [5.41, 5.74) is 1.55. The summed E-state index contributed by atoms with van der Waals surface area (Å²) in [6.07, 6.45) is -4.54. The molecule has 1 aromatic heterocycles. The summed E-state index contributed by atoms with van der Waals surface area (Å²) >= 11 is 0. The van der Waals surface area contributed by atoms with Gasteiger partial charge in [0.1, 0.15) is 30.1 Å². The highest BCUT2D eigenvalue weighted by Crippen LogP contribution is 2.44. The van der Waals surface area contributed by atoms with Gasteiger partial charge in [-0.3, -0.25) is 14.6 Å². The summed E-state index contributed by atoms with van der Waals surface area (Å²) < 4.78 is 51.6. The highest BCUT2D eigenvalue weighted by molar-refractivity contribution is 5.85. The molecule has 6 rings (SSSR count). The third-order valence-corrected chi connectivity index (χ3v) is 15.7. The molecule has 4 aliphatic rings. The molecule has 1 unspecified atom stereocenters. The second kappa shape index (κ2) is 22.0. The number of hydrazine groups is 1. The van der Waals surface area contributed by atoms with Crippen LogP contribution in [0.15, 0.2) is 36.5 Å². The van der Waals surface area contributed by atoms with Crippen molar-refractivity contribution in [1.82, 2.24) is 20.3 Å². The first kappa shape index (κ1) is 54.0. The number of fused-ring (bicyclic) bond motifs is 2. The van der Waals surface area contributed by atoms with Gasteiger partial charge in [0.15, 0.2) is 18.2 Å². The second-order valence-corrected chi connectivity index (χ2v) is 20.8. The molecule has 382 valence electrons. The number of aryl methyl sites for hydroxylation is 1. The van der Waals surface area contributed by atoms with Crippen molar-refractivity contribution in [3.05, 3.63) is 42.1 Å². The number of amides is 1. The number of ketones is 1. The van der Waals surface area contributed by atoms with Crippen LogP contribution in [-0.4, -0.2) is 162 Å². The number of methoxy groups -OCH3 is 2. The molecule has 5 heterocycles. The Labute approximate surface area is 403 Å². The smallest absolute Gasteiger partial charge is 0.425 e. The van der Waals surface area contributed by atoms with Gasteiger partial charge in [0, 0.05) is 62.6 Å². The summed E-state index contributed by atoms with van der Waals surface area (Å²) in [4.78, 5) is 50.6. The first-order chi connectivity index (χ1) is 32.0. The number of ether oxygens (including phenoxy) is 8. The van der Waals surface area contributed by atoms with Crippen molar-refractivity contribution in [3.8, 4) is 0 Å². The molecule has 1 amide bonds. The molecule has 0 bridgehead atoms. The molecule has 17 nitrogen and oxygen atoms in total. The van der Waals surface area contributed by atoms with Gasteiger partial charge in [0.05, 0.1) is 47.1 Å². The summed E-state index contributed by atoms with van der Waals surface area (Å²) in [6, 6.07) is 8.76.